The van der Waals surface area contributed by atoms with Crippen molar-refractivity contribution < 1.29 is 8.42 Å². The lowest BCUT2D eigenvalue weighted by Crippen LogP contribution is -2.32. The molecule has 0 amide bonds. The fourth-order valence-corrected chi connectivity index (χ4v) is 4.53. The molecule has 2 atom stereocenters. The van der Waals surface area contributed by atoms with E-state index in [2.05, 4.69) is 11.6 Å². The highest BCUT2D eigenvalue weighted by Crippen LogP contribution is 2.28. The summed E-state index contributed by atoms with van der Waals surface area (Å²) in [5, 5.41) is 0. The fraction of sp³-hybridized carbons (Fsp3) is 0.533. The molecule has 0 bridgehead atoms. The van der Waals surface area contributed by atoms with Gasteiger partial charge in [0.15, 0.2) is 0 Å². The van der Waals surface area contributed by atoms with Gasteiger partial charge in [-0.3, -0.25) is 0 Å². The van der Waals surface area contributed by atoms with E-state index in [1.807, 2.05) is 0 Å². The van der Waals surface area contributed by atoms with Crippen LogP contribution in [0.5, 0.6) is 0 Å². The third-order valence-corrected chi connectivity index (χ3v) is 5.75. The van der Waals surface area contributed by atoms with Crippen LogP contribution >= 0.6 is 12.2 Å². The average Bonchev–Trinajstić information content (AvgIpc) is 2.45. The highest BCUT2D eigenvalue weighted by atomic mass is 32.2. The first kappa shape index (κ1) is 16.4. The maximum absolute atomic E-state index is 12.5. The van der Waals surface area contributed by atoms with Crippen LogP contribution in [0.15, 0.2) is 29.2 Å². The molecule has 0 radical (unpaired) electrons. The Kier molecular flexibility index (Phi) is 5.35. The fourth-order valence-electron chi connectivity index (χ4n) is 2.95. The van der Waals surface area contributed by atoms with E-state index < -0.39 is 10.0 Å². The van der Waals surface area contributed by atoms with E-state index in [0.717, 1.165) is 12.8 Å². The lowest BCUT2D eigenvalue weighted by Gasteiger charge is -2.26. The van der Waals surface area contributed by atoms with Gasteiger partial charge in [0.2, 0.25) is 10.0 Å². The van der Waals surface area contributed by atoms with Crippen molar-refractivity contribution in [3.8, 4) is 0 Å². The summed E-state index contributed by atoms with van der Waals surface area (Å²) in [6.45, 7) is 2.71. The van der Waals surface area contributed by atoms with Crippen LogP contribution in [0.3, 0.4) is 0 Å². The number of hydrogen-bond acceptors (Lipinski definition) is 3. The molecule has 116 valence electrons. The number of sulfonamides is 1. The molecular formula is C15H22N2O2S2. The molecule has 2 rings (SSSR count). The van der Waals surface area contributed by atoms with Gasteiger partial charge in [0.25, 0.3) is 0 Å². The van der Waals surface area contributed by atoms with Crippen molar-refractivity contribution in [2.45, 2.75) is 37.5 Å². The van der Waals surface area contributed by atoms with Gasteiger partial charge in [-0.15, -0.1) is 0 Å². The van der Waals surface area contributed by atoms with Crippen molar-refractivity contribution in [2.75, 3.05) is 6.54 Å². The molecule has 1 aromatic rings. The van der Waals surface area contributed by atoms with Gasteiger partial charge < -0.3 is 5.73 Å². The Bertz CT molecular complexity index is 614. The van der Waals surface area contributed by atoms with Crippen LogP contribution < -0.4 is 10.5 Å². The number of nitrogens with one attached hydrogen (secondary N) is 1. The van der Waals surface area contributed by atoms with E-state index in [1.165, 1.54) is 12.8 Å². The van der Waals surface area contributed by atoms with Crippen LogP contribution in [0.25, 0.3) is 0 Å². The molecule has 1 saturated carbocycles. The Morgan fingerprint density at radius 1 is 1.38 bits per heavy atom. The lowest BCUT2D eigenvalue weighted by atomic mass is 9.83. The van der Waals surface area contributed by atoms with E-state index in [-0.39, 0.29) is 9.88 Å². The standard InChI is InChI=1S/C15H22N2O2S2/c1-11-5-4-6-12(9-11)10-17-21(18,19)14-8-3-2-7-13(14)15(16)20/h2-3,7-8,11-12,17H,4-6,9-10H2,1H3,(H2,16,20). The predicted octanol–water partition coefficient (Wildman–Crippen LogP) is 2.43. The van der Waals surface area contributed by atoms with Crippen molar-refractivity contribution in [2.24, 2.45) is 17.6 Å². The summed E-state index contributed by atoms with van der Waals surface area (Å²) in [6, 6.07) is 6.59. The van der Waals surface area contributed by atoms with Gasteiger partial charge in [-0.25, -0.2) is 13.1 Å². The molecule has 1 fully saturated rings. The zero-order valence-electron chi connectivity index (χ0n) is 12.2. The monoisotopic (exact) mass is 326 g/mol. The molecule has 0 saturated heterocycles. The number of hydrogen-bond donors (Lipinski definition) is 2. The van der Waals surface area contributed by atoms with Crippen LogP contribution in [0.1, 0.15) is 38.2 Å². The van der Waals surface area contributed by atoms with Gasteiger partial charge in [-0.2, -0.15) is 0 Å². The Morgan fingerprint density at radius 2 is 2.10 bits per heavy atom. The number of rotatable bonds is 5. The molecular weight excluding hydrogens is 304 g/mol. The quantitative estimate of drug-likeness (QED) is 0.815. The molecule has 1 aliphatic carbocycles. The van der Waals surface area contributed by atoms with Crippen molar-refractivity contribution >= 4 is 27.2 Å². The SMILES string of the molecule is CC1CCCC(CNS(=O)(=O)c2ccccc2C(N)=S)C1. The molecule has 1 aromatic carbocycles. The van der Waals surface area contributed by atoms with Gasteiger partial charge in [-0.05, 0) is 30.7 Å². The molecule has 4 nitrogen and oxygen atoms in total. The number of nitrogens with two attached hydrogens (primary N) is 1. The zero-order valence-corrected chi connectivity index (χ0v) is 13.8. The van der Waals surface area contributed by atoms with Crippen LogP contribution in [-0.4, -0.2) is 20.0 Å². The smallest absolute Gasteiger partial charge is 0.241 e. The molecule has 0 spiro atoms. The summed E-state index contributed by atoms with van der Waals surface area (Å²) >= 11 is 4.93. The summed E-state index contributed by atoms with van der Waals surface area (Å²) in [7, 11) is -3.57. The second-order valence-corrected chi connectivity index (χ2v) is 8.03. The van der Waals surface area contributed by atoms with Crippen molar-refractivity contribution in [1.29, 1.82) is 0 Å². The second kappa shape index (κ2) is 6.85. The minimum atomic E-state index is -3.57. The Balaban J connectivity index is 2.10. The van der Waals surface area contributed by atoms with Crippen molar-refractivity contribution in [3.63, 3.8) is 0 Å². The summed E-state index contributed by atoms with van der Waals surface area (Å²) in [4.78, 5) is 0.267. The second-order valence-electron chi connectivity index (χ2n) is 5.85. The van der Waals surface area contributed by atoms with Crippen molar-refractivity contribution in [3.05, 3.63) is 29.8 Å². The van der Waals surface area contributed by atoms with Crippen LogP contribution in [-0.2, 0) is 10.0 Å². The summed E-state index contributed by atoms with van der Waals surface area (Å²) < 4.78 is 27.6. The maximum Gasteiger partial charge on any atom is 0.241 e. The molecule has 0 aliphatic heterocycles. The largest absolute Gasteiger partial charge is 0.389 e. The first-order chi connectivity index (χ1) is 9.90. The van der Waals surface area contributed by atoms with E-state index in [9.17, 15) is 8.42 Å². The molecule has 0 aromatic heterocycles. The van der Waals surface area contributed by atoms with E-state index >= 15 is 0 Å². The predicted molar refractivity (Wildman–Crippen MR) is 88.6 cm³/mol. The normalized spacial score (nSPS) is 22.9. The summed E-state index contributed by atoms with van der Waals surface area (Å²) in [5.41, 5.74) is 6.01. The van der Waals surface area contributed by atoms with Gasteiger partial charge in [0, 0.05) is 12.1 Å². The van der Waals surface area contributed by atoms with Crippen LogP contribution in [0, 0.1) is 11.8 Å². The molecule has 1 aliphatic rings. The van der Waals surface area contributed by atoms with Crippen LogP contribution in [0.2, 0.25) is 0 Å². The van der Waals surface area contributed by atoms with Crippen LogP contribution in [0.4, 0.5) is 0 Å². The highest BCUT2D eigenvalue weighted by molar-refractivity contribution is 7.89. The Labute approximate surface area is 132 Å². The molecule has 6 heteroatoms. The van der Waals surface area contributed by atoms with Gasteiger partial charge in [0.1, 0.15) is 4.99 Å². The first-order valence-electron chi connectivity index (χ1n) is 7.28. The highest BCUT2D eigenvalue weighted by Gasteiger charge is 2.23. The van der Waals surface area contributed by atoms with Gasteiger partial charge in [0.05, 0.1) is 4.90 Å². The average molecular weight is 326 g/mol. The molecule has 3 N–H and O–H groups in total. The Hall–Kier alpha value is -0.980. The summed E-state index contributed by atoms with van der Waals surface area (Å²) in [6.07, 6.45) is 4.59. The van der Waals surface area contributed by atoms with Gasteiger partial charge in [-0.1, -0.05) is 50.2 Å². The zero-order chi connectivity index (χ0) is 15.5. The molecule has 21 heavy (non-hydrogen) atoms. The molecule has 0 heterocycles. The minimum Gasteiger partial charge on any atom is -0.389 e. The van der Waals surface area contributed by atoms with E-state index in [1.54, 1.807) is 24.3 Å². The number of thiocarbonyl (C=S) groups is 1. The number of benzene rings is 1. The van der Waals surface area contributed by atoms with E-state index in [4.69, 9.17) is 18.0 Å². The third-order valence-electron chi connectivity index (χ3n) is 4.05. The minimum absolute atomic E-state index is 0.0993. The third kappa shape index (κ3) is 4.25. The molecule has 2 unspecified atom stereocenters. The summed E-state index contributed by atoms with van der Waals surface area (Å²) in [5.74, 6) is 1.10. The maximum atomic E-state index is 12.5. The Morgan fingerprint density at radius 3 is 2.76 bits per heavy atom. The van der Waals surface area contributed by atoms with Gasteiger partial charge >= 0.3 is 0 Å². The topological polar surface area (TPSA) is 72.2 Å². The van der Waals surface area contributed by atoms with E-state index in [0.29, 0.717) is 23.9 Å². The first-order valence-corrected chi connectivity index (χ1v) is 9.18. The lowest BCUT2D eigenvalue weighted by molar-refractivity contribution is 0.283. The van der Waals surface area contributed by atoms with Crippen molar-refractivity contribution in [1.82, 2.24) is 4.72 Å².